The second-order valence-corrected chi connectivity index (χ2v) is 7.73. The molecule has 1 aromatic rings. The van der Waals surface area contributed by atoms with Crippen molar-refractivity contribution < 1.29 is 9.59 Å². The maximum absolute atomic E-state index is 12.6. The summed E-state index contributed by atoms with van der Waals surface area (Å²) in [7, 11) is 0. The van der Waals surface area contributed by atoms with Crippen LogP contribution in [-0.4, -0.2) is 49.4 Å². The molecule has 3 heterocycles. The molecule has 0 radical (unpaired) electrons. The highest BCUT2D eigenvalue weighted by Crippen LogP contribution is 2.37. The molecule has 25 heavy (non-hydrogen) atoms. The van der Waals surface area contributed by atoms with E-state index in [0.29, 0.717) is 24.8 Å². The number of rotatable bonds is 3. The number of nitrogens with zero attached hydrogens (tertiary/aromatic N) is 2. The van der Waals surface area contributed by atoms with Crippen molar-refractivity contribution in [1.29, 1.82) is 0 Å². The Hall–Kier alpha value is -1.88. The number of anilines is 1. The molecule has 3 aliphatic heterocycles. The molecule has 134 valence electrons. The molecule has 5 nitrogen and oxygen atoms in total. The Bertz CT molecular complexity index is 657. The van der Waals surface area contributed by atoms with Crippen molar-refractivity contribution >= 4 is 17.5 Å². The van der Waals surface area contributed by atoms with Crippen molar-refractivity contribution in [3.63, 3.8) is 0 Å². The second-order valence-electron chi connectivity index (χ2n) is 7.73. The molecule has 0 bridgehead atoms. The van der Waals surface area contributed by atoms with E-state index in [2.05, 4.69) is 11.4 Å². The van der Waals surface area contributed by atoms with E-state index in [1.807, 2.05) is 28.0 Å². The molecular formula is C20H27N3O2. The standard InChI is InChI=1S/C20H27N3O2/c24-18(22-13-9-20(10-14-22)8-11-21-15-20)7-12-23-17-4-2-1-3-16(17)5-6-19(23)25/h1-4,21H,5-15H2. The lowest BCUT2D eigenvalue weighted by Crippen LogP contribution is -2.45. The molecule has 4 rings (SSSR count). The van der Waals surface area contributed by atoms with E-state index < -0.39 is 0 Å². The second kappa shape index (κ2) is 6.79. The van der Waals surface area contributed by atoms with Gasteiger partial charge in [-0.15, -0.1) is 0 Å². The van der Waals surface area contributed by atoms with Gasteiger partial charge in [0.25, 0.3) is 0 Å². The fourth-order valence-corrected chi connectivity index (χ4v) is 4.56. The van der Waals surface area contributed by atoms with Gasteiger partial charge in [-0.2, -0.15) is 0 Å². The van der Waals surface area contributed by atoms with Gasteiger partial charge in [0.2, 0.25) is 11.8 Å². The third-order valence-corrected chi connectivity index (χ3v) is 6.25. The SMILES string of the molecule is O=C(CCN1C(=O)CCc2ccccc21)N1CCC2(CCNC2)CC1. The van der Waals surface area contributed by atoms with E-state index in [-0.39, 0.29) is 11.8 Å². The number of carbonyl (C=O) groups excluding carboxylic acids is 2. The monoisotopic (exact) mass is 341 g/mol. The van der Waals surface area contributed by atoms with Crippen LogP contribution in [0.25, 0.3) is 0 Å². The summed E-state index contributed by atoms with van der Waals surface area (Å²) < 4.78 is 0. The van der Waals surface area contributed by atoms with E-state index in [9.17, 15) is 9.59 Å². The maximum Gasteiger partial charge on any atom is 0.227 e. The number of nitrogens with one attached hydrogen (secondary N) is 1. The number of likely N-dealkylation sites (tertiary alicyclic amines) is 1. The van der Waals surface area contributed by atoms with Crippen molar-refractivity contribution in [2.24, 2.45) is 5.41 Å². The van der Waals surface area contributed by atoms with Crippen molar-refractivity contribution in [1.82, 2.24) is 10.2 Å². The maximum atomic E-state index is 12.6. The number of benzene rings is 1. The van der Waals surface area contributed by atoms with Gasteiger partial charge in [-0.05, 0) is 49.3 Å². The summed E-state index contributed by atoms with van der Waals surface area (Å²) in [5, 5.41) is 3.46. The van der Waals surface area contributed by atoms with Gasteiger partial charge in [0.05, 0.1) is 0 Å². The first kappa shape index (κ1) is 16.6. The van der Waals surface area contributed by atoms with Crippen LogP contribution in [0.2, 0.25) is 0 Å². The third kappa shape index (κ3) is 3.30. The van der Waals surface area contributed by atoms with Crippen LogP contribution in [-0.2, 0) is 16.0 Å². The van der Waals surface area contributed by atoms with Gasteiger partial charge in [-0.25, -0.2) is 0 Å². The molecule has 2 saturated heterocycles. The number of aryl methyl sites for hydroxylation is 1. The minimum atomic E-state index is 0.140. The van der Waals surface area contributed by atoms with E-state index in [0.717, 1.165) is 51.1 Å². The van der Waals surface area contributed by atoms with Crippen molar-refractivity contribution in [3.8, 4) is 0 Å². The summed E-state index contributed by atoms with van der Waals surface area (Å²) in [6.07, 6.45) is 5.24. The topological polar surface area (TPSA) is 52.7 Å². The van der Waals surface area contributed by atoms with Gasteiger partial charge >= 0.3 is 0 Å². The van der Waals surface area contributed by atoms with Crippen LogP contribution in [0.5, 0.6) is 0 Å². The van der Waals surface area contributed by atoms with Crippen LogP contribution >= 0.6 is 0 Å². The molecular weight excluding hydrogens is 314 g/mol. The number of amides is 2. The first-order valence-corrected chi connectivity index (χ1v) is 9.54. The number of fused-ring (bicyclic) bond motifs is 1. The number of piperidine rings is 1. The predicted molar refractivity (Wildman–Crippen MR) is 97.5 cm³/mol. The summed E-state index contributed by atoms with van der Waals surface area (Å²) in [6.45, 7) is 4.45. The zero-order valence-electron chi connectivity index (χ0n) is 14.8. The number of carbonyl (C=O) groups is 2. The average molecular weight is 341 g/mol. The van der Waals surface area contributed by atoms with Crippen LogP contribution in [0.4, 0.5) is 5.69 Å². The first-order chi connectivity index (χ1) is 12.2. The number of para-hydroxylation sites is 1. The molecule has 2 fully saturated rings. The summed E-state index contributed by atoms with van der Waals surface area (Å²) in [5.74, 6) is 0.331. The predicted octanol–water partition coefficient (Wildman–Crippen LogP) is 1.96. The summed E-state index contributed by atoms with van der Waals surface area (Å²) in [6, 6.07) is 8.05. The van der Waals surface area contributed by atoms with Gasteiger partial charge in [-0.3, -0.25) is 9.59 Å². The molecule has 0 atom stereocenters. The highest BCUT2D eigenvalue weighted by Gasteiger charge is 2.38. The van der Waals surface area contributed by atoms with E-state index in [1.165, 1.54) is 12.0 Å². The fourth-order valence-electron chi connectivity index (χ4n) is 4.56. The number of hydrogen-bond acceptors (Lipinski definition) is 3. The van der Waals surface area contributed by atoms with Crippen LogP contribution in [0.3, 0.4) is 0 Å². The fraction of sp³-hybridized carbons (Fsp3) is 0.600. The molecule has 0 saturated carbocycles. The first-order valence-electron chi connectivity index (χ1n) is 9.54. The summed E-state index contributed by atoms with van der Waals surface area (Å²) in [5.41, 5.74) is 2.63. The van der Waals surface area contributed by atoms with E-state index >= 15 is 0 Å². The Morgan fingerprint density at radius 2 is 1.92 bits per heavy atom. The Balaban J connectivity index is 1.34. The molecule has 0 aliphatic carbocycles. The lowest BCUT2D eigenvalue weighted by molar-refractivity contribution is -0.133. The van der Waals surface area contributed by atoms with Gasteiger partial charge < -0.3 is 15.1 Å². The zero-order chi connectivity index (χ0) is 17.3. The van der Waals surface area contributed by atoms with E-state index in [1.54, 1.807) is 0 Å². The van der Waals surface area contributed by atoms with Crippen molar-refractivity contribution in [2.45, 2.75) is 38.5 Å². The Morgan fingerprint density at radius 1 is 1.12 bits per heavy atom. The highest BCUT2D eigenvalue weighted by molar-refractivity contribution is 5.97. The lowest BCUT2D eigenvalue weighted by atomic mass is 9.78. The van der Waals surface area contributed by atoms with Gasteiger partial charge in [0, 0.05) is 44.7 Å². The van der Waals surface area contributed by atoms with Crippen molar-refractivity contribution in [3.05, 3.63) is 29.8 Å². The minimum Gasteiger partial charge on any atom is -0.343 e. The summed E-state index contributed by atoms with van der Waals surface area (Å²) in [4.78, 5) is 28.8. The van der Waals surface area contributed by atoms with Crippen LogP contribution < -0.4 is 10.2 Å². The normalized spacial score (nSPS) is 22.3. The van der Waals surface area contributed by atoms with Gasteiger partial charge in [0.1, 0.15) is 0 Å². The van der Waals surface area contributed by atoms with Gasteiger partial charge in [0.15, 0.2) is 0 Å². The minimum absolute atomic E-state index is 0.140. The molecule has 1 N–H and O–H groups in total. The van der Waals surface area contributed by atoms with Crippen molar-refractivity contribution in [2.75, 3.05) is 37.6 Å². The Kier molecular flexibility index (Phi) is 4.50. The largest absolute Gasteiger partial charge is 0.343 e. The highest BCUT2D eigenvalue weighted by atomic mass is 16.2. The molecule has 3 aliphatic rings. The van der Waals surface area contributed by atoms with Gasteiger partial charge in [-0.1, -0.05) is 18.2 Å². The number of hydrogen-bond donors (Lipinski definition) is 1. The molecule has 0 unspecified atom stereocenters. The van der Waals surface area contributed by atoms with Crippen LogP contribution in [0, 0.1) is 5.41 Å². The Labute approximate surface area is 149 Å². The smallest absolute Gasteiger partial charge is 0.227 e. The zero-order valence-corrected chi connectivity index (χ0v) is 14.8. The molecule has 0 aromatic heterocycles. The van der Waals surface area contributed by atoms with Crippen LogP contribution in [0.15, 0.2) is 24.3 Å². The molecule has 1 aromatic carbocycles. The quantitative estimate of drug-likeness (QED) is 0.914. The Morgan fingerprint density at radius 3 is 2.68 bits per heavy atom. The third-order valence-electron chi connectivity index (χ3n) is 6.25. The molecule has 2 amide bonds. The average Bonchev–Trinajstić information content (AvgIpc) is 3.09. The molecule has 5 heteroatoms. The summed E-state index contributed by atoms with van der Waals surface area (Å²) >= 11 is 0. The van der Waals surface area contributed by atoms with Crippen LogP contribution in [0.1, 0.15) is 37.7 Å². The van der Waals surface area contributed by atoms with E-state index in [4.69, 9.17) is 0 Å². The molecule has 1 spiro atoms. The lowest BCUT2D eigenvalue weighted by Gasteiger charge is -2.39.